The molecule has 1 N–H and O–H groups in total. The largest absolute Gasteiger partial charge is 0.493 e. The fourth-order valence-corrected chi connectivity index (χ4v) is 2.02. The van der Waals surface area contributed by atoms with E-state index < -0.39 is 0 Å². The molecule has 5 heteroatoms. The maximum atomic E-state index is 12.2. The van der Waals surface area contributed by atoms with Gasteiger partial charge in [-0.1, -0.05) is 23.7 Å². The molecule has 0 aromatic heterocycles. The zero-order valence-corrected chi connectivity index (χ0v) is 12.6. The Hall–Kier alpha value is -2.20. The molecular weight excluding hydrogens is 290 g/mol. The van der Waals surface area contributed by atoms with Gasteiger partial charge in [-0.25, -0.2) is 0 Å². The van der Waals surface area contributed by atoms with E-state index >= 15 is 0 Å². The van der Waals surface area contributed by atoms with Gasteiger partial charge >= 0.3 is 0 Å². The summed E-state index contributed by atoms with van der Waals surface area (Å²) in [5.74, 6) is 0.863. The molecule has 21 heavy (non-hydrogen) atoms. The molecular formula is C16H16ClNO3. The summed E-state index contributed by atoms with van der Waals surface area (Å²) in [5, 5.41) is 3.25. The van der Waals surface area contributed by atoms with Crippen LogP contribution in [0.2, 0.25) is 5.02 Å². The lowest BCUT2D eigenvalue weighted by Crippen LogP contribution is -2.12. The first kappa shape index (κ1) is 15.2. The minimum atomic E-state index is -0.260. The Kier molecular flexibility index (Phi) is 5.06. The Morgan fingerprint density at radius 3 is 2.62 bits per heavy atom. The van der Waals surface area contributed by atoms with Crippen molar-refractivity contribution in [3.8, 4) is 11.5 Å². The fourth-order valence-electron chi connectivity index (χ4n) is 1.84. The molecule has 4 nitrogen and oxygen atoms in total. The van der Waals surface area contributed by atoms with Crippen LogP contribution in [0, 0.1) is 0 Å². The molecule has 1 amide bonds. The number of halogens is 1. The zero-order chi connectivity index (χ0) is 15.2. The first-order chi connectivity index (χ1) is 10.2. The van der Waals surface area contributed by atoms with Gasteiger partial charge in [0, 0.05) is 5.56 Å². The van der Waals surface area contributed by atoms with Crippen molar-refractivity contribution in [2.75, 3.05) is 19.0 Å². The molecule has 0 aliphatic rings. The molecule has 0 aliphatic heterocycles. The van der Waals surface area contributed by atoms with Gasteiger partial charge in [-0.3, -0.25) is 4.79 Å². The van der Waals surface area contributed by atoms with Crippen molar-refractivity contribution in [2.45, 2.75) is 6.92 Å². The summed E-state index contributed by atoms with van der Waals surface area (Å²) >= 11 is 6.02. The fraction of sp³-hybridized carbons (Fsp3) is 0.188. The molecule has 0 saturated carbocycles. The number of anilines is 1. The van der Waals surface area contributed by atoms with Gasteiger partial charge in [-0.15, -0.1) is 0 Å². The summed E-state index contributed by atoms with van der Waals surface area (Å²) in [7, 11) is 1.54. The molecule has 110 valence electrons. The molecule has 0 fully saturated rings. The Labute approximate surface area is 128 Å². The van der Waals surface area contributed by atoms with Gasteiger partial charge < -0.3 is 14.8 Å². The highest BCUT2D eigenvalue weighted by molar-refractivity contribution is 6.33. The Balaban J connectivity index is 2.21. The number of methoxy groups -OCH3 is 1. The number of nitrogens with one attached hydrogen (secondary N) is 1. The summed E-state index contributed by atoms with van der Waals surface area (Å²) in [5.41, 5.74) is 1.03. The maximum absolute atomic E-state index is 12.2. The van der Waals surface area contributed by atoms with Crippen LogP contribution in [-0.2, 0) is 0 Å². The van der Waals surface area contributed by atoms with Crippen LogP contribution in [0.25, 0.3) is 0 Å². The van der Waals surface area contributed by atoms with Crippen molar-refractivity contribution < 1.29 is 14.3 Å². The van der Waals surface area contributed by atoms with Crippen molar-refractivity contribution in [2.24, 2.45) is 0 Å². The van der Waals surface area contributed by atoms with E-state index in [1.807, 2.05) is 6.92 Å². The van der Waals surface area contributed by atoms with E-state index in [0.29, 0.717) is 34.4 Å². The van der Waals surface area contributed by atoms with E-state index in [1.54, 1.807) is 42.5 Å². The lowest BCUT2D eigenvalue weighted by molar-refractivity contribution is 0.102. The van der Waals surface area contributed by atoms with Crippen LogP contribution in [0.5, 0.6) is 11.5 Å². The quantitative estimate of drug-likeness (QED) is 0.908. The number of benzene rings is 2. The van der Waals surface area contributed by atoms with Gasteiger partial charge in [0.2, 0.25) is 0 Å². The van der Waals surface area contributed by atoms with Gasteiger partial charge in [0.25, 0.3) is 5.91 Å². The summed E-state index contributed by atoms with van der Waals surface area (Å²) in [6, 6.07) is 12.1. The van der Waals surface area contributed by atoms with Gasteiger partial charge in [0.15, 0.2) is 11.5 Å². The zero-order valence-electron chi connectivity index (χ0n) is 11.9. The third-order valence-electron chi connectivity index (χ3n) is 2.85. The van der Waals surface area contributed by atoms with E-state index in [4.69, 9.17) is 21.1 Å². The minimum Gasteiger partial charge on any atom is -0.493 e. The molecule has 0 unspecified atom stereocenters. The molecule has 0 atom stereocenters. The summed E-state index contributed by atoms with van der Waals surface area (Å²) in [6.45, 7) is 2.42. The second-order valence-corrected chi connectivity index (χ2v) is 4.64. The Morgan fingerprint density at radius 2 is 1.95 bits per heavy atom. The first-order valence-electron chi connectivity index (χ1n) is 6.52. The van der Waals surface area contributed by atoms with Crippen molar-refractivity contribution in [3.05, 3.63) is 53.1 Å². The molecule has 0 spiro atoms. The van der Waals surface area contributed by atoms with Crippen molar-refractivity contribution in [3.63, 3.8) is 0 Å². The predicted molar refractivity (Wildman–Crippen MR) is 83.6 cm³/mol. The molecule has 0 saturated heterocycles. The number of amides is 1. The van der Waals surface area contributed by atoms with Crippen LogP contribution in [0.4, 0.5) is 5.69 Å². The maximum Gasteiger partial charge on any atom is 0.255 e. The number of carbonyl (C=O) groups excluding carboxylic acids is 1. The van der Waals surface area contributed by atoms with Crippen molar-refractivity contribution in [1.82, 2.24) is 0 Å². The van der Waals surface area contributed by atoms with E-state index in [2.05, 4.69) is 5.32 Å². The van der Waals surface area contributed by atoms with E-state index in [0.717, 1.165) is 0 Å². The number of para-hydroxylation sites is 1. The highest BCUT2D eigenvalue weighted by Gasteiger charge is 2.12. The van der Waals surface area contributed by atoms with Crippen LogP contribution in [0.1, 0.15) is 17.3 Å². The Morgan fingerprint density at radius 1 is 1.19 bits per heavy atom. The van der Waals surface area contributed by atoms with Crippen LogP contribution in [-0.4, -0.2) is 19.6 Å². The minimum absolute atomic E-state index is 0.260. The average Bonchev–Trinajstić information content (AvgIpc) is 2.50. The highest BCUT2D eigenvalue weighted by atomic mass is 35.5. The lowest BCUT2D eigenvalue weighted by Gasteiger charge is -2.11. The van der Waals surface area contributed by atoms with Crippen LogP contribution in [0.15, 0.2) is 42.5 Å². The molecule has 2 aromatic carbocycles. The normalized spacial score (nSPS) is 10.0. The number of ether oxygens (including phenoxy) is 2. The number of rotatable bonds is 5. The molecule has 0 aliphatic carbocycles. The Bertz CT molecular complexity index is 643. The molecule has 0 radical (unpaired) electrons. The summed E-state index contributed by atoms with van der Waals surface area (Å²) in [6.07, 6.45) is 0. The topological polar surface area (TPSA) is 47.6 Å². The van der Waals surface area contributed by atoms with Crippen LogP contribution in [0.3, 0.4) is 0 Å². The van der Waals surface area contributed by atoms with Gasteiger partial charge in [0.1, 0.15) is 0 Å². The van der Waals surface area contributed by atoms with Gasteiger partial charge in [0.05, 0.1) is 24.4 Å². The van der Waals surface area contributed by atoms with Gasteiger partial charge in [-0.05, 0) is 37.3 Å². The average molecular weight is 306 g/mol. The standard InChI is InChI=1S/C16H16ClNO3/c1-3-21-14-9-8-11(10-15(14)20-2)16(19)18-13-7-5-4-6-12(13)17/h4-10H,3H2,1-2H3,(H,18,19). The van der Waals surface area contributed by atoms with E-state index in [1.165, 1.54) is 7.11 Å². The van der Waals surface area contributed by atoms with Gasteiger partial charge in [-0.2, -0.15) is 0 Å². The predicted octanol–water partition coefficient (Wildman–Crippen LogP) is 4.00. The van der Waals surface area contributed by atoms with Crippen molar-refractivity contribution >= 4 is 23.2 Å². The third kappa shape index (κ3) is 3.67. The number of hydrogen-bond donors (Lipinski definition) is 1. The molecule has 2 rings (SSSR count). The summed E-state index contributed by atoms with van der Waals surface area (Å²) < 4.78 is 10.7. The third-order valence-corrected chi connectivity index (χ3v) is 3.18. The number of hydrogen-bond acceptors (Lipinski definition) is 3. The van der Waals surface area contributed by atoms with Crippen LogP contribution < -0.4 is 14.8 Å². The monoisotopic (exact) mass is 305 g/mol. The molecule has 0 bridgehead atoms. The van der Waals surface area contributed by atoms with E-state index in [-0.39, 0.29) is 5.91 Å². The van der Waals surface area contributed by atoms with Crippen molar-refractivity contribution in [1.29, 1.82) is 0 Å². The molecule has 2 aromatic rings. The highest BCUT2D eigenvalue weighted by Crippen LogP contribution is 2.29. The second-order valence-electron chi connectivity index (χ2n) is 4.23. The number of carbonyl (C=O) groups is 1. The smallest absolute Gasteiger partial charge is 0.255 e. The SMILES string of the molecule is CCOc1ccc(C(=O)Nc2ccccc2Cl)cc1OC. The lowest BCUT2D eigenvalue weighted by atomic mass is 10.2. The molecule has 0 heterocycles. The van der Waals surface area contributed by atoms with Crippen LogP contribution >= 0.6 is 11.6 Å². The second kappa shape index (κ2) is 6.99. The summed E-state index contributed by atoms with van der Waals surface area (Å²) in [4.78, 5) is 12.2. The van der Waals surface area contributed by atoms with E-state index in [9.17, 15) is 4.79 Å². The first-order valence-corrected chi connectivity index (χ1v) is 6.90.